The fourth-order valence-corrected chi connectivity index (χ4v) is 3.87. The van der Waals surface area contributed by atoms with E-state index in [0.29, 0.717) is 10.9 Å². The van der Waals surface area contributed by atoms with Crippen LogP contribution in [-0.4, -0.2) is 39.4 Å². The number of carboxylic acid groups (broad SMARTS) is 1. The molecule has 0 unspecified atom stereocenters. The highest BCUT2D eigenvalue weighted by Crippen LogP contribution is 2.39. The fourth-order valence-electron chi connectivity index (χ4n) is 3.59. The molecule has 1 aromatic heterocycles. The molecule has 13 heteroatoms. The summed E-state index contributed by atoms with van der Waals surface area (Å²) in [6.45, 7) is -0.361. The summed E-state index contributed by atoms with van der Waals surface area (Å²) in [7, 11) is 0. The number of hydrogen-bond acceptors (Lipinski definition) is 4. The standard InChI is InChI=1S/C22H16ClF4N3O5/c23-16-13-3-1-2-4-15(13)30(17(16)35-20(33)34)12-6-5-11(14(24)9-12)10-28-18(31)21(7-8-21)29-19(32)22(25,26)27/h1-6,9H,7-8,10H2,(H,28,31)(H,29,32)(H,33,34). The normalized spacial score (nSPS) is 14.4. The van der Waals surface area contributed by atoms with Gasteiger partial charge < -0.3 is 20.5 Å². The van der Waals surface area contributed by atoms with Crippen molar-refractivity contribution in [2.24, 2.45) is 0 Å². The smallest absolute Gasteiger partial charge is 0.449 e. The largest absolute Gasteiger partial charge is 0.512 e. The minimum absolute atomic E-state index is 0.00306. The summed E-state index contributed by atoms with van der Waals surface area (Å²) in [4.78, 5) is 34.7. The fraction of sp³-hybridized carbons (Fsp3) is 0.227. The molecule has 184 valence electrons. The van der Waals surface area contributed by atoms with E-state index < -0.39 is 35.5 Å². The number of nitrogens with zero attached hydrogens (tertiary/aromatic N) is 1. The molecule has 0 atom stereocenters. The zero-order valence-corrected chi connectivity index (χ0v) is 18.3. The van der Waals surface area contributed by atoms with Gasteiger partial charge in [-0.3, -0.25) is 14.2 Å². The lowest BCUT2D eigenvalue weighted by atomic mass is 10.1. The first-order valence-electron chi connectivity index (χ1n) is 10.1. The summed E-state index contributed by atoms with van der Waals surface area (Å²) < 4.78 is 58.5. The Labute approximate surface area is 199 Å². The van der Waals surface area contributed by atoms with Crippen molar-refractivity contribution in [3.8, 4) is 11.6 Å². The molecule has 0 spiro atoms. The van der Waals surface area contributed by atoms with Crippen LogP contribution in [-0.2, 0) is 16.1 Å². The molecule has 1 fully saturated rings. The molecular weight excluding hydrogens is 498 g/mol. The van der Waals surface area contributed by atoms with Crippen LogP contribution in [0.4, 0.5) is 22.4 Å². The first-order chi connectivity index (χ1) is 16.4. The Morgan fingerprint density at radius 3 is 2.43 bits per heavy atom. The quantitative estimate of drug-likeness (QED) is 0.336. The van der Waals surface area contributed by atoms with Crippen molar-refractivity contribution < 1.29 is 41.8 Å². The zero-order valence-electron chi connectivity index (χ0n) is 17.6. The van der Waals surface area contributed by atoms with Gasteiger partial charge in [0.2, 0.25) is 11.8 Å². The van der Waals surface area contributed by atoms with Gasteiger partial charge in [0.15, 0.2) is 0 Å². The number of carbonyl (C=O) groups excluding carboxylic acids is 2. The van der Waals surface area contributed by atoms with Gasteiger partial charge in [-0.15, -0.1) is 0 Å². The predicted molar refractivity (Wildman–Crippen MR) is 115 cm³/mol. The van der Waals surface area contributed by atoms with Crippen molar-refractivity contribution in [3.63, 3.8) is 0 Å². The van der Waals surface area contributed by atoms with Gasteiger partial charge >= 0.3 is 18.2 Å². The number of para-hydroxylation sites is 1. The molecule has 1 aliphatic rings. The molecule has 8 nitrogen and oxygen atoms in total. The molecule has 4 rings (SSSR count). The summed E-state index contributed by atoms with van der Waals surface area (Å²) in [6.07, 6.45) is -6.71. The van der Waals surface area contributed by atoms with E-state index in [1.54, 1.807) is 29.6 Å². The van der Waals surface area contributed by atoms with Crippen molar-refractivity contribution >= 4 is 40.5 Å². The van der Waals surface area contributed by atoms with Crippen molar-refractivity contribution in [2.75, 3.05) is 0 Å². The Morgan fingerprint density at radius 2 is 1.83 bits per heavy atom. The van der Waals surface area contributed by atoms with E-state index in [4.69, 9.17) is 21.4 Å². The lowest BCUT2D eigenvalue weighted by Gasteiger charge is -2.18. The van der Waals surface area contributed by atoms with Crippen molar-refractivity contribution in [1.29, 1.82) is 0 Å². The Kier molecular flexibility index (Phi) is 6.09. The summed E-state index contributed by atoms with van der Waals surface area (Å²) >= 11 is 6.27. The number of nitrogens with one attached hydrogen (secondary N) is 2. The zero-order chi connectivity index (χ0) is 25.5. The number of carbonyl (C=O) groups is 3. The molecule has 1 heterocycles. The monoisotopic (exact) mass is 513 g/mol. The summed E-state index contributed by atoms with van der Waals surface area (Å²) in [6, 6.07) is 10.4. The third kappa shape index (κ3) is 4.74. The molecule has 1 saturated carbocycles. The second kappa shape index (κ2) is 8.77. The number of fused-ring (bicyclic) bond motifs is 1. The molecule has 1 aliphatic carbocycles. The third-order valence-corrected chi connectivity index (χ3v) is 5.85. The SMILES string of the molecule is O=C(O)Oc1c(Cl)c2ccccc2n1-c1ccc(CNC(=O)C2(NC(=O)C(F)(F)F)CC2)c(F)c1. The average Bonchev–Trinajstić information content (AvgIpc) is 3.52. The predicted octanol–water partition coefficient (Wildman–Crippen LogP) is 4.31. The molecule has 2 aromatic carbocycles. The highest BCUT2D eigenvalue weighted by Gasteiger charge is 2.54. The van der Waals surface area contributed by atoms with Gasteiger partial charge in [0, 0.05) is 17.5 Å². The van der Waals surface area contributed by atoms with Gasteiger partial charge in [-0.1, -0.05) is 35.9 Å². The van der Waals surface area contributed by atoms with E-state index in [0.717, 1.165) is 6.07 Å². The maximum absolute atomic E-state index is 14.9. The van der Waals surface area contributed by atoms with E-state index >= 15 is 0 Å². The highest BCUT2D eigenvalue weighted by molar-refractivity contribution is 6.37. The van der Waals surface area contributed by atoms with E-state index in [2.05, 4.69) is 5.32 Å². The number of benzene rings is 2. The number of rotatable bonds is 6. The molecular formula is C22H16ClF4N3O5. The second-order valence-electron chi connectivity index (χ2n) is 7.83. The van der Waals surface area contributed by atoms with Gasteiger partial charge in [0.05, 0.1) is 11.2 Å². The van der Waals surface area contributed by atoms with E-state index in [-0.39, 0.29) is 41.5 Å². The van der Waals surface area contributed by atoms with Crippen molar-refractivity contribution in [3.05, 3.63) is 58.9 Å². The van der Waals surface area contributed by atoms with Gasteiger partial charge in [0.1, 0.15) is 16.4 Å². The molecule has 2 amide bonds. The molecule has 0 aliphatic heterocycles. The molecule has 0 bridgehead atoms. The van der Waals surface area contributed by atoms with Gasteiger partial charge in [-0.05, 0) is 31.0 Å². The topological polar surface area (TPSA) is 110 Å². The number of hydrogen-bond donors (Lipinski definition) is 3. The number of amides is 2. The number of alkyl halides is 3. The molecule has 0 saturated heterocycles. The average molecular weight is 514 g/mol. The van der Waals surface area contributed by atoms with Crippen LogP contribution in [0.3, 0.4) is 0 Å². The van der Waals surface area contributed by atoms with Crippen LogP contribution in [0.2, 0.25) is 5.02 Å². The highest BCUT2D eigenvalue weighted by atomic mass is 35.5. The van der Waals surface area contributed by atoms with Crippen molar-refractivity contribution in [2.45, 2.75) is 31.1 Å². The minimum atomic E-state index is -5.13. The van der Waals surface area contributed by atoms with E-state index in [1.165, 1.54) is 16.7 Å². The Morgan fingerprint density at radius 1 is 1.14 bits per heavy atom. The molecule has 0 radical (unpaired) electrons. The lowest BCUT2D eigenvalue weighted by Crippen LogP contribution is -2.52. The number of halogens is 5. The molecule has 3 aromatic rings. The van der Waals surface area contributed by atoms with Crippen LogP contribution in [0, 0.1) is 5.82 Å². The van der Waals surface area contributed by atoms with Crippen LogP contribution in [0.15, 0.2) is 42.5 Å². The van der Waals surface area contributed by atoms with Crippen LogP contribution < -0.4 is 15.4 Å². The maximum atomic E-state index is 14.9. The second-order valence-corrected chi connectivity index (χ2v) is 8.21. The Hall–Kier alpha value is -3.80. The van der Waals surface area contributed by atoms with Gasteiger partial charge in [-0.2, -0.15) is 13.2 Å². The van der Waals surface area contributed by atoms with E-state index in [1.807, 2.05) is 0 Å². The number of aromatic nitrogens is 1. The summed E-state index contributed by atoms with van der Waals surface area (Å²) in [5.41, 5.74) is -1.05. The molecule has 3 N–H and O–H groups in total. The minimum Gasteiger partial charge on any atom is -0.449 e. The summed E-state index contributed by atoms with van der Waals surface area (Å²) in [5, 5.41) is 13.6. The first kappa shape index (κ1) is 24.3. The van der Waals surface area contributed by atoms with Crippen molar-refractivity contribution in [1.82, 2.24) is 15.2 Å². The van der Waals surface area contributed by atoms with Gasteiger partial charge in [0.25, 0.3) is 0 Å². The first-order valence-corrected chi connectivity index (χ1v) is 10.5. The third-order valence-electron chi connectivity index (χ3n) is 5.49. The lowest BCUT2D eigenvalue weighted by molar-refractivity contribution is -0.175. The van der Waals surface area contributed by atoms with Crippen LogP contribution >= 0.6 is 11.6 Å². The van der Waals surface area contributed by atoms with Crippen LogP contribution in [0.5, 0.6) is 5.88 Å². The van der Waals surface area contributed by atoms with Gasteiger partial charge in [-0.25, -0.2) is 9.18 Å². The molecule has 35 heavy (non-hydrogen) atoms. The van der Waals surface area contributed by atoms with E-state index in [9.17, 15) is 31.9 Å². The number of ether oxygens (including phenoxy) is 1. The Bertz CT molecular complexity index is 1350. The van der Waals surface area contributed by atoms with Crippen LogP contribution in [0.25, 0.3) is 16.6 Å². The Balaban J connectivity index is 1.56. The maximum Gasteiger partial charge on any atom is 0.512 e. The van der Waals surface area contributed by atoms with Crippen LogP contribution in [0.1, 0.15) is 18.4 Å². The summed E-state index contributed by atoms with van der Waals surface area (Å²) in [5.74, 6) is -4.12.